The van der Waals surface area contributed by atoms with Gasteiger partial charge in [-0.25, -0.2) is 4.39 Å². The summed E-state index contributed by atoms with van der Waals surface area (Å²) in [6.07, 6.45) is -3.53. The van der Waals surface area contributed by atoms with E-state index in [1.165, 1.54) is 18.2 Å². The number of aliphatic imine (C=N–C) groups is 1. The van der Waals surface area contributed by atoms with Gasteiger partial charge in [-0.1, -0.05) is 30.3 Å². The average Bonchev–Trinajstić information content (AvgIpc) is 3.43. The van der Waals surface area contributed by atoms with Gasteiger partial charge in [-0.3, -0.25) is 4.99 Å². The first-order chi connectivity index (χ1) is 13.4. The van der Waals surface area contributed by atoms with Crippen LogP contribution in [0, 0.1) is 5.82 Å². The maximum absolute atomic E-state index is 13.8. The van der Waals surface area contributed by atoms with E-state index in [-0.39, 0.29) is 47.5 Å². The first kappa shape index (κ1) is 23.2. The van der Waals surface area contributed by atoms with Crippen LogP contribution >= 0.6 is 24.0 Å². The molecule has 158 valence electrons. The lowest BCUT2D eigenvalue weighted by Crippen LogP contribution is -2.38. The Hall–Kier alpha value is -2.04. The van der Waals surface area contributed by atoms with Gasteiger partial charge in [0.1, 0.15) is 11.6 Å². The van der Waals surface area contributed by atoms with E-state index in [1.54, 1.807) is 31.3 Å². The van der Waals surface area contributed by atoms with Crippen molar-refractivity contribution in [2.75, 3.05) is 13.7 Å². The fourth-order valence-corrected chi connectivity index (χ4v) is 2.90. The van der Waals surface area contributed by atoms with E-state index in [0.717, 1.165) is 12.0 Å². The van der Waals surface area contributed by atoms with Gasteiger partial charge in [0.2, 0.25) is 0 Å². The van der Waals surface area contributed by atoms with Gasteiger partial charge in [0.15, 0.2) is 12.6 Å². The third-order valence-electron chi connectivity index (χ3n) is 4.43. The Labute approximate surface area is 183 Å². The summed E-state index contributed by atoms with van der Waals surface area (Å²) in [5, 5.41) is 6.40. The average molecular weight is 523 g/mol. The van der Waals surface area contributed by atoms with Crippen LogP contribution in [0.25, 0.3) is 0 Å². The minimum Gasteiger partial charge on any atom is -0.484 e. The van der Waals surface area contributed by atoms with Gasteiger partial charge in [0.25, 0.3) is 0 Å². The second-order valence-electron chi connectivity index (χ2n) is 6.59. The number of hydrogen-bond donors (Lipinski definition) is 2. The van der Waals surface area contributed by atoms with E-state index in [4.69, 9.17) is 0 Å². The van der Waals surface area contributed by atoms with E-state index in [0.29, 0.717) is 18.1 Å². The summed E-state index contributed by atoms with van der Waals surface area (Å²) in [5.74, 6) is 0.660. The lowest BCUT2D eigenvalue weighted by molar-refractivity contribution is -0.153. The van der Waals surface area contributed by atoms with Crippen molar-refractivity contribution in [3.8, 4) is 5.75 Å². The number of nitrogens with zero attached hydrogens (tertiary/aromatic N) is 1. The summed E-state index contributed by atoms with van der Waals surface area (Å²) in [6, 6.07) is 13.2. The van der Waals surface area contributed by atoms with E-state index in [2.05, 4.69) is 20.4 Å². The highest BCUT2D eigenvalue weighted by molar-refractivity contribution is 14.0. The first-order valence-electron chi connectivity index (χ1n) is 8.86. The molecule has 29 heavy (non-hydrogen) atoms. The maximum atomic E-state index is 13.8. The van der Waals surface area contributed by atoms with Gasteiger partial charge < -0.3 is 15.4 Å². The van der Waals surface area contributed by atoms with Crippen LogP contribution in [-0.2, 0) is 6.54 Å². The number of halogens is 5. The monoisotopic (exact) mass is 523 g/mol. The fourth-order valence-electron chi connectivity index (χ4n) is 2.90. The van der Waals surface area contributed by atoms with Crippen LogP contribution < -0.4 is 15.4 Å². The van der Waals surface area contributed by atoms with Crippen molar-refractivity contribution in [2.45, 2.75) is 31.1 Å². The predicted octanol–water partition coefficient (Wildman–Crippen LogP) is 4.61. The molecule has 0 radical (unpaired) electrons. The van der Waals surface area contributed by atoms with Gasteiger partial charge >= 0.3 is 6.18 Å². The zero-order valence-corrected chi connectivity index (χ0v) is 18.0. The largest absolute Gasteiger partial charge is 0.484 e. The molecule has 4 nitrogen and oxygen atoms in total. The van der Waals surface area contributed by atoms with E-state index in [1.807, 2.05) is 6.07 Å². The van der Waals surface area contributed by atoms with Crippen LogP contribution in [0.15, 0.2) is 53.5 Å². The molecular weight excluding hydrogens is 501 g/mol. The van der Waals surface area contributed by atoms with E-state index >= 15 is 0 Å². The molecule has 2 aromatic rings. The van der Waals surface area contributed by atoms with Gasteiger partial charge in [-0.15, -0.1) is 24.0 Å². The molecule has 0 aromatic heterocycles. The molecule has 0 heterocycles. The Balaban J connectivity index is 0.00000300. The molecule has 0 saturated heterocycles. The van der Waals surface area contributed by atoms with E-state index in [9.17, 15) is 17.6 Å². The Morgan fingerprint density at radius 3 is 2.45 bits per heavy atom. The molecule has 2 unspecified atom stereocenters. The third-order valence-corrected chi connectivity index (χ3v) is 4.43. The van der Waals surface area contributed by atoms with Crippen LogP contribution in [0.2, 0.25) is 0 Å². The van der Waals surface area contributed by atoms with Crippen molar-refractivity contribution in [3.63, 3.8) is 0 Å². The summed E-state index contributed by atoms with van der Waals surface area (Å²) in [4.78, 5) is 4.16. The topological polar surface area (TPSA) is 45.7 Å². The van der Waals surface area contributed by atoms with Crippen LogP contribution in [-0.4, -0.2) is 31.8 Å². The molecule has 9 heteroatoms. The van der Waals surface area contributed by atoms with Gasteiger partial charge in [0, 0.05) is 25.6 Å². The molecule has 0 aliphatic heterocycles. The Kier molecular flexibility index (Phi) is 8.12. The standard InChI is InChI=1S/C20H21F4N3O.HI/c1-25-19(27-18-10-16(18)15-4-2-3-5-17(15)21)26-11-13-6-8-14(9-7-13)28-12-20(22,23)24;/h2-9,16,18H,10-12H2,1H3,(H2,25,26,27);1H. The normalized spacial score (nSPS) is 18.6. The highest BCUT2D eigenvalue weighted by Crippen LogP contribution is 2.41. The van der Waals surface area contributed by atoms with Crippen LogP contribution in [0.5, 0.6) is 5.75 Å². The van der Waals surface area contributed by atoms with Crippen molar-refractivity contribution in [3.05, 3.63) is 65.5 Å². The highest BCUT2D eigenvalue weighted by atomic mass is 127. The maximum Gasteiger partial charge on any atom is 0.422 e. The summed E-state index contributed by atoms with van der Waals surface area (Å²) < 4.78 is 55.0. The molecule has 2 N–H and O–H groups in total. The smallest absolute Gasteiger partial charge is 0.422 e. The molecule has 1 aliphatic carbocycles. The van der Waals surface area contributed by atoms with Crippen molar-refractivity contribution in [2.24, 2.45) is 4.99 Å². The number of rotatable bonds is 6. The van der Waals surface area contributed by atoms with Crippen LogP contribution in [0.3, 0.4) is 0 Å². The second-order valence-corrected chi connectivity index (χ2v) is 6.59. The Morgan fingerprint density at radius 2 is 1.83 bits per heavy atom. The number of ether oxygens (including phenoxy) is 1. The van der Waals surface area contributed by atoms with Gasteiger partial charge in [-0.05, 0) is 35.7 Å². The highest BCUT2D eigenvalue weighted by Gasteiger charge is 2.40. The zero-order valence-electron chi connectivity index (χ0n) is 15.7. The third kappa shape index (κ3) is 7.06. The fraction of sp³-hybridized carbons (Fsp3) is 0.350. The molecule has 2 atom stereocenters. The minimum atomic E-state index is -4.36. The number of benzene rings is 2. The number of hydrogen-bond acceptors (Lipinski definition) is 2. The van der Waals surface area contributed by atoms with Crippen molar-refractivity contribution < 1.29 is 22.3 Å². The van der Waals surface area contributed by atoms with Crippen LogP contribution in [0.4, 0.5) is 17.6 Å². The molecule has 1 fully saturated rings. The van der Waals surface area contributed by atoms with Crippen molar-refractivity contribution in [1.29, 1.82) is 0 Å². The number of alkyl halides is 3. The van der Waals surface area contributed by atoms with E-state index < -0.39 is 12.8 Å². The number of nitrogens with one attached hydrogen (secondary N) is 2. The summed E-state index contributed by atoms with van der Waals surface area (Å²) >= 11 is 0. The quantitative estimate of drug-likeness (QED) is 0.252. The minimum absolute atomic E-state index is 0. The molecule has 3 rings (SSSR count). The molecular formula is C20H22F4IN3O. The SMILES string of the molecule is CN=C(NCc1ccc(OCC(F)(F)F)cc1)NC1CC1c1ccccc1F.I. The molecule has 0 spiro atoms. The Morgan fingerprint density at radius 1 is 1.14 bits per heavy atom. The molecule has 1 saturated carbocycles. The van der Waals surface area contributed by atoms with Gasteiger partial charge in [0.05, 0.1) is 0 Å². The lowest BCUT2D eigenvalue weighted by atomic mass is 10.1. The lowest BCUT2D eigenvalue weighted by Gasteiger charge is -2.13. The predicted molar refractivity (Wildman–Crippen MR) is 114 cm³/mol. The summed E-state index contributed by atoms with van der Waals surface area (Å²) in [7, 11) is 1.64. The molecule has 0 bridgehead atoms. The zero-order chi connectivity index (χ0) is 20.1. The summed E-state index contributed by atoms with van der Waals surface area (Å²) in [5.41, 5.74) is 1.56. The van der Waals surface area contributed by atoms with Crippen molar-refractivity contribution >= 4 is 29.9 Å². The molecule has 0 amide bonds. The molecule has 2 aromatic carbocycles. The molecule has 1 aliphatic rings. The summed E-state index contributed by atoms with van der Waals surface area (Å²) in [6.45, 7) is -0.873. The second kappa shape index (κ2) is 10.1. The number of guanidine groups is 1. The van der Waals surface area contributed by atoms with Crippen LogP contribution in [0.1, 0.15) is 23.5 Å². The Bertz CT molecular complexity index is 827. The first-order valence-corrected chi connectivity index (χ1v) is 8.86. The van der Waals surface area contributed by atoms with Gasteiger partial charge in [-0.2, -0.15) is 13.2 Å². The van der Waals surface area contributed by atoms with Crippen molar-refractivity contribution in [1.82, 2.24) is 10.6 Å².